The number of methoxy groups -OCH3 is 1. The Labute approximate surface area is 199 Å². The summed E-state index contributed by atoms with van der Waals surface area (Å²) in [6.45, 7) is 0.255. The van der Waals surface area contributed by atoms with Gasteiger partial charge in [-0.1, -0.05) is 46.3 Å². The molecule has 1 amide bonds. The highest BCUT2D eigenvalue weighted by atomic mass is 79.9. The Morgan fingerprint density at radius 3 is 2.52 bits per heavy atom. The first kappa shape index (κ1) is 23.6. The lowest BCUT2D eigenvalue weighted by Crippen LogP contribution is -2.14. The van der Waals surface area contributed by atoms with Gasteiger partial charge in [0.25, 0.3) is 5.91 Å². The molecule has 0 spiro atoms. The number of benzene rings is 3. The van der Waals surface area contributed by atoms with E-state index in [-0.39, 0.29) is 23.4 Å². The minimum absolute atomic E-state index is 0.0201. The summed E-state index contributed by atoms with van der Waals surface area (Å²) in [4.78, 5) is 23.8. The number of nitriles is 1. The SMILES string of the molecule is COc1cccc(/C=C(/C#N)C(=O)Nc2cccc(C(=O)O)c2)c1OCc1ccc(Br)cc1. The van der Waals surface area contributed by atoms with Crippen LogP contribution >= 0.6 is 15.9 Å². The van der Waals surface area contributed by atoms with Crippen LogP contribution in [0.1, 0.15) is 21.5 Å². The van der Waals surface area contributed by atoms with Crippen LogP contribution in [0.5, 0.6) is 11.5 Å². The van der Waals surface area contributed by atoms with E-state index in [2.05, 4.69) is 21.2 Å². The summed E-state index contributed by atoms with van der Waals surface area (Å²) in [5, 5.41) is 21.2. The van der Waals surface area contributed by atoms with Crippen molar-refractivity contribution in [3.63, 3.8) is 0 Å². The fourth-order valence-corrected chi connectivity index (χ4v) is 3.19. The quantitative estimate of drug-likeness (QED) is 0.317. The van der Waals surface area contributed by atoms with Crippen LogP contribution in [0.25, 0.3) is 6.08 Å². The van der Waals surface area contributed by atoms with Crippen molar-refractivity contribution in [2.45, 2.75) is 6.61 Å². The number of ether oxygens (including phenoxy) is 2. The van der Waals surface area contributed by atoms with Crippen LogP contribution < -0.4 is 14.8 Å². The number of carboxylic acid groups (broad SMARTS) is 1. The monoisotopic (exact) mass is 506 g/mol. The zero-order valence-corrected chi connectivity index (χ0v) is 19.1. The Morgan fingerprint density at radius 1 is 1.12 bits per heavy atom. The molecule has 0 aliphatic carbocycles. The number of rotatable bonds is 8. The van der Waals surface area contributed by atoms with E-state index in [0.717, 1.165) is 10.0 Å². The molecule has 0 saturated carbocycles. The van der Waals surface area contributed by atoms with E-state index >= 15 is 0 Å². The zero-order valence-electron chi connectivity index (χ0n) is 17.5. The molecule has 3 aromatic rings. The highest BCUT2D eigenvalue weighted by molar-refractivity contribution is 9.10. The summed E-state index contributed by atoms with van der Waals surface area (Å²) in [7, 11) is 1.50. The Kier molecular flexibility index (Phi) is 7.84. The smallest absolute Gasteiger partial charge is 0.335 e. The Balaban J connectivity index is 1.87. The number of nitrogens with one attached hydrogen (secondary N) is 1. The molecule has 0 atom stereocenters. The molecule has 0 aromatic heterocycles. The first-order valence-corrected chi connectivity index (χ1v) is 10.5. The molecule has 0 unspecified atom stereocenters. The maximum Gasteiger partial charge on any atom is 0.335 e. The minimum Gasteiger partial charge on any atom is -0.493 e. The van der Waals surface area contributed by atoms with Gasteiger partial charge in [-0.2, -0.15) is 5.26 Å². The maximum atomic E-state index is 12.7. The maximum absolute atomic E-state index is 12.7. The average molecular weight is 507 g/mol. The number of amides is 1. The van der Waals surface area contributed by atoms with Gasteiger partial charge >= 0.3 is 5.97 Å². The second-order valence-corrected chi connectivity index (χ2v) is 7.72. The third-order valence-corrected chi connectivity index (χ3v) is 5.09. The van der Waals surface area contributed by atoms with E-state index < -0.39 is 11.9 Å². The number of aromatic carboxylic acids is 1. The van der Waals surface area contributed by atoms with Crippen LogP contribution in [0.4, 0.5) is 5.69 Å². The number of anilines is 1. The summed E-state index contributed by atoms with van der Waals surface area (Å²) in [5.74, 6) is -0.961. The number of carbonyl (C=O) groups is 2. The van der Waals surface area contributed by atoms with Crippen molar-refractivity contribution < 1.29 is 24.2 Å². The molecular formula is C25H19BrN2O5. The van der Waals surface area contributed by atoms with Crippen LogP contribution in [0.2, 0.25) is 0 Å². The van der Waals surface area contributed by atoms with Gasteiger partial charge in [-0.25, -0.2) is 4.79 Å². The number of carboxylic acids is 1. The second kappa shape index (κ2) is 11.0. The van der Waals surface area contributed by atoms with Crippen molar-refractivity contribution in [2.75, 3.05) is 12.4 Å². The molecule has 8 heteroatoms. The van der Waals surface area contributed by atoms with Crippen molar-refractivity contribution in [3.8, 4) is 17.6 Å². The Morgan fingerprint density at radius 2 is 1.85 bits per heavy atom. The van der Waals surface area contributed by atoms with Crippen LogP contribution in [0, 0.1) is 11.3 Å². The van der Waals surface area contributed by atoms with Gasteiger partial charge in [0.2, 0.25) is 0 Å². The molecule has 0 saturated heterocycles. The van der Waals surface area contributed by atoms with Gasteiger partial charge in [0.1, 0.15) is 18.2 Å². The Bertz CT molecular complexity index is 1250. The third-order valence-electron chi connectivity index (χ3n) is 4.56. The normalized spacial score (nSPS) is 10.8. The summed E-state index contributed by atoms with van der Waals surface area (Å²) in [6, 6.07) is 20.4. The highest BCUT2D eigenvalue weighted by Crippen LogP contribution is 2.33. The first-order valence-electron chi connectivity index (χ1n) is 9.72. The summed E-state index contributed by atoms with van der Waals surface area (Å²) in [5.41, 5.74) is 1.51. The number of para-hydroxylation sites is 1. The number of nitrogens with zero attached hydrogens (tertiary/aromatic N) is 1. The summed E-state index contributed by atoms with van der Waals surface area (Å²) in [6.07, 6.45) is 1.40. The standard InChI is InChI=1S/C25H19BrN2O5/c1-32-22-7-3-4-17(23(22)33-15-16-8-10-20(26)11-9-16)12-19(14-27)24(29)28-21-6-2-5-18(13-21)25(30)31/h2-13H,15H2,1H3,(H,28,29)(H,30,31)/b19-12-. The van der Waals surface area contributed by atoms with Gasteiger partial charge < -0.3 is 19.9 Å². The van der Waals surface area contributed by atoms with Gasteiger partial charge in [-0.15, -0.1) is 0 Å². The summed E-state index contributed by atoms with van der Waals surface area (Å²) >= 11 is 3.39. The molecule has 0 aliphatic heterocycles. The minimum atomic E-state index is -1.12. The van der Waals surface area contributed by atoms with Gasteiger partial charge in [-0.05, 0) is 48.0 Å². The molecule has 33 heavy (non-hydrogen) atoms. The fourth-order valence-electron chi connectivity index (χ4n) is 2.93. The average Bonchev–Trinajstić information content (AvgIpc) is 2.82. The molecular weight excluding hydrogens is 488 g/mol. The largest absolute Gasteiger partial charge is 0.493 e. The molecule has 0 aliphatic rings. The van der Waals surface area contributed by atoms with Crippen LogP contribution in [-0.4, -0.2) is 24.1 Å². The highest BCUT2D eigenvalue weighted by Gasteiger charge is 2.15. The molecule has 166 valence electrons. The van der Waals surface area contributed by atoms with E-state index in [1.54, 1.807) is 18.2 Å². The van der Waals surface area contributed by atoms with E-state index in [9.17, 15) is 14.9 Å². The zero-order chi connectivity index (χ0) is 23.8. The molecule has 0 radical (unpaired) electrons. The number of hydrogen-bond acceptors (Lipinski definition) is 5. The second-order valence-electron chi connectivity index (χ2n) is 6.80. The number of halogens is 1. The van der Waals surface area contributed by atoms with Crippen molar-refractivity contribution in [1.82, 2.24) is 0 Å². The molecule has 0 fully saturated rings. The molecule has 3 rings (SSSR count). The number of hydrogen-bond donors (Lipinski definition) is 2. The summed E-state index contributed by atoms with van der Waals surface area (Å²) < 4.78 is 12.3. The van der Waals surface area contributed by atoms with Crippen LogP contribution in [0.3, 0.4) is 0 Å². The predicted molar refractivity (Wildman–Crippen MR) is 127 cm³/mol. The first-order chi connectivity index (χ1) is 15.9. The Hall–Kier alpha value is -4.09. The van der Waals surface area contributed by atoms with Crippen LogP contribution in [0.15, 0.2) is 76.8 Å². The number of carbonyl (C=O) groups excluding carboxylic acids is 1. The van der Waals surface area contributed by atoms with Gasteiger partial charge in [0.05, 0.1) is 12.7 Å². The third kappa shape index (κ3) is 6.21. The van der Waals surface area contributed by atoms with Crippen molar-refractivity contribution in [3.05, 3.63) is 93.5 Å². The van der Waals surface area contributed by atoms with Gasteiger partial charge in [0, 0.05) is 15.7 Å². The van der Waals surface area contributed by atoms with Gasteiger partial charge in [-0.3, -0.25) is 4.79 Å². The van der Waals surface area contributed by atoms with Gasteiger partial charge in [0.15, 0.2) is 11.5 Å². The van der Waals surface area contributed by atoms with Crippen molar-refractivity contribution in [2.24, 2.45) is 0 Å². The fraction of sp³-hybridized carbons (Fsp3) is 0.0800. The van der Waals surface area contributed by atoms with E-state index in [1.807, 2.05) is 30.3 Å². The van der Waals surface area contributed by atoms with E-state index in [4.69, 9.17) is 14.6 Å². The van der Waals surface area contributed by atoms with Crippen LogP contribution in [-0.2, 0) is 11.4 Å². The lowest BCUT2D eigenvalue weighted by atomic mass is 10.1. The van der Waals surface area contributed by atoms with Crippen molar-refractivity contribution >= 4 is 39.6 Å². The molecule has 3 aromatic carbocycles. The lowest BCUT2D eigenvalue weighted by molar-refractivity contribution is -0.112. The van der Waals surface area contributed by atoms with Crippen molar-refractivity contribution in [1.29, 1.82) is 5.26 Å². The molecule has 0 bridgehead atoms. The van der Waals surface area contributed by atoms with E-state index in [1.165, 1.54) is 37.5 Å². The topological polar surface area (TPSA) is 109 Å². The van der Waals surface area contributed by atoms with E-state index in [0.29, 0.717) is 17.1 Å². The molecule has 0 heterocycles. The molecule has 7 nitrogen and oxygen atoms in total. The predicted octanol–water partition coefficient (Wildman–Crippen LogP) is 5.28. The molecule has 2 N–H and O–H groups in total. The lowest BCUT2D eigenvalue weighted by Gasteiger charge is -2.14.